The molecule has 2 rings (SSSR count). The highest BCUT2D eigenvalue weighted by atomic mass is 16.5. The second-order valence-corrected chi connectivity index (χ2v) is 9.59. The predicted octanol–water partition coefficient (Wildman–Crippen LogP) is 5.23. The van der Waals surface area contributed by atoms with E-state index in [2.05, 4.69) is 24.5 Å². The summed E-state index contributed by atoms with van der Waals surface area (Å²) in [4.78, 5) is 27.4. The fourth-order valence-electron chi connectivity index (χ4n) is 3.08. The van der Waals surface area contributed by atoms with E-state index in [1.165, 1.54) is 12.8 Å². The second-order valence-electron chi connectivity index (χ2n) is 9.59. The zero-order valence-electron chi connectivity index (χ0n) is 24.2. The third-order valence-electron chi connectivity index (χ3n) is 5.50. The monoisotopic (exact) mass is 528 g/mol. The number of anilines is 2. The van der Waals surface area contributed by atoms with Crippen LogP contribution >= 0.6 is 0 Å². The molecule has 0 saturated heterocycles. The summed E-state index contributed by atoms with van der Waals surface area (Å²) in [6.07, 6.45) is 4.63. The Hall–Kier alpha value is -3.10. The minimum Gasteiger partial charge on any atom is -0.461 e. The summed E-state index contributed by atoms with van der Waals surface area (Å²) in [5.41, 5.74) is 3.27. The smallest absolute Gasteiger partial charge is 0.338 e. The van der Waals surface area contributed by atoms with Gasteiger partial charge < -0.3 is 29.9 Å². The molecule has 0 fully saturated rings. The highest BCUT2D eigenvalue weighted by Crippen LogP contribution is 2.12. The van der Waals surface area contributed by atoms with Gasteiger partial charge in [0.25, 0.3) is 0 Å². The van der Waals surface area contributed by atoms with Crippen molar-refractivity contribution in [2.24, 2.45) is 0 Å². The Kier molecular flexibility index (Phi) is 17.3. The standard InChI is InChI=1S/2C15H24N2O2/c2*1-4-5-10-16-14-8-6-13(7-9-14)15(18)19-12-11-17(2)3/h2*6-9,16H,4-5,10-12H2,1-3H3. The fraction of sp³-hybridized carbons (Fsp3) is 0.533. The van der Waals surface area contributed by atoms with Crippen molar-refractivity contribution < 1.29 is 19.1 Å². The molecule has 2 aromatic rings. The number of nitrogens with one attached hydrogen (secondary N) is 2. The van der Waals surface area contributed by atoms with Crippen molar-refractivity contribution in [1.29, 1.82) is 0 Å². The molecule has 0 spiro atoms. The third kappa shape index (κ3) is 15.2. The highest BCUT2D eigenvalue weighted by molar-refractivity contribution is 5.90. The van der Waals surface area contributed by atoms with Crippen molar-refractivity contribution in [3.63, 3.8) is 0 Å². The summed E-state index contributed by atoms with van der Waals surface area (Å²) >= 11 is 0. The van der Waals surface area contributed by atoms with Crippen LogP contribution in [-0.2, 0) is 9.47 Å². The summed E-state index contributed by atoms with van der Waals surface area (Å²) in [7, 11) is 7.80. The van der Waals surface area contributed by atoms with Gasteiger partial charge in [0.1, 0.15) is 13.2 Å². The number of unbranched alkanes of at least 4 members (excludes halogenated alkanes) is 2. The number of hydrogen-bond donors (Lipinski definition) is 2. The topological polar surface area (TPSA) is 83.1 Å². The normalized spacial score (nSPS) is 10.5. The number of rotatable bonds is 16. The number of hydrogen-bond acceptors (Lipinski definition) is 8. The quantitative estimate of drug-likeness (QED) is 0.226. The molecule has 0 atom stereocenters. The maximum absolute atomic E-state index is 11.7. The molecular formula is C30H48N4O4. The van der Waals surface area contributed by atoms with Crippen LogP contribution in [0.3, 0.4) is 0 Å². The molecule has 0 heterocycles. The van der Waals surface area contributed by atoms with E-state index < -0.39 is 0 Å². The number of ether oxygens (including phenoxy) is 2. The van der Waals surface area contributed by atoms with Crippen LogP contribution in [0.5, 0.6) is 0 Å². The molecule has 38 heavy (non-hydrogen) atoms. The summed E-state index contributed by atoms with van der Waals surface area (Å²) in [5, 5.41) is 6.62. The van der Waals surface area contributed by atoms with Crippen LogP contribution in [0.15, 0.2) is 48.5 Å². The van der Waals surface area contributed by atoms with Gasteiger partial charge in [-0.2, -0.15) is 0 Å². The molecule has 0 aliphatic rings. The van der Waals surface area contributed by atoms with Crippen molar-refractivity contribution in [3.8, 4) is 0 Å². The van der Waals surface area contributed by atoms with Crippen LogP contribution in [0, 0.1) is 0 Å². The average molecular weight is 529 g/mol. The van der Waals surface area contributed by atoms with Crippen molar-refractivity contribution in [2.45, 2.75) is 39.5 Å². The van der Waals surface area contributed by atoms with Crippen LogP contribution in [0.4, 0.5) is 11.4 Å². The van der Waals surface area contributed by atoms with E-state index in [4.69, 9.17) is 9.47 Å². The predicted molar refractivity (Wildman–Crippen MR) is 157 cm³/mol. The van der Waals surface area contributed by atoms with Crippen molar-refractivity contribution in [3.05, 3.63) is 59.7 Å². The Balaban J connectivity index is 0.000000380. The highest BCUT2D eigenvalue weighted by Gasteiger charge is 2.08. The number of carbonyl (C=O) groups is 2. The molecule has 2 N–H and O–H groups in total. The molecular weight excluding hydrogens is 480 g/mol. The molecule has 0 saturated carbocycles. The maximum atomic E-state index is 11.7. The molecule has 0 bridgehead atoms. The van der Waals surface area contributed by atoms with Gasteiger partial charge in [0, 0.05) is 37.6 Å². The van der Waals surface area contributed by atoms with E-state index in [1.54, 1.807) is 24.3 Å². The van der Waals surface area contributed by atoms with Crippen LogP contribution in [-0.4, -0.2) is 89.3 Å². The fourth-order valence-corrected chi connectivity index (χ4v) is 3.08. The molecule has 0 aromatic heterocycles. The van der Waals surface area contributed by atoms with Gasteiger partial charge in [-0.25, -0.2) is 9.59 Å². The lowest BCUT2D eigenvalue weighted by Crippen LogP contribution is -2.20. The second kappa shape index (κ2) is 19.9. The van der Waals surface area contributed by atoms with E-state index in [0.717, 1.165) is 50.4 Å². The summed E-state index contributed by atoms with van der Waals surface area (Å²) < 4.78 is 10.4. The van der Waals surface area contributed by atoms with E-state index >= 15 is 0 Å². The number of benzene rings is 2. The van der Waals surface area contributed by atoms with Crippen molar-refractivity contribution in [2.75, 3.05) is 78.2 Å². The maximum Gasteiger partial charge on any atom is 0.338 e. The van der Waals surface area contributed by atoms with Gasteiger partial charge in [-0.05, 0) is 89.6 Å². The van der Waals surface area contributed by atoms with E-state index in [9.17, 15) is 9.59 Å². The number of esters is 2. The first-order chi connectivity index (χ1) is 18.3. The molecule has 0 amide bonds. The van der Waals surface area contributed by atoms with Gasteiger partial charge in [0.05, 0.1) is 11.1 Å². The summed E-state index contributed by atoms with van der Waals surface area (Å²) in [5.74, 6) is -0.524. The first-order valence-corrected chi connectivity index (χ1v) is 13.6. The minimum absolute atomic E-state index is 0.262. The Labute approximate surface area is 229 Å². The molecule has 0 radical (unpaired) electrons. The van der Waals surface area contributed by atoms with Gasteiger partial charge in [-0.1, -0.05) is 26.7 Å². The summed E-state index contributed by atoms with van der Waals surface area (Å²) in [6, 6.07) is 14.9. The Bertz CT molecular complexity index is 824. The zero-order chi connectivity index (χ0) is 28.2. The molecule has 2 aromatic carbocycles. The zero-order valence-corrected chi connectivity index (χ0v) is 24.2. The Morgan fingerprint density at radius 2 is 0.974 bits per heavy atom. The summed E-state index contributed by atoms with van der Waals surface area (Å²) in [6.45, 7) is 8.56. The van der Waals surface area contributed by atoms with Crippen LogP contribution in [0.2, 0.25) is 0 Å². The average Bonchev–Trinajstić information content (AvgIpc) is 2.89. The molecule has 8 nitrogen and oxygen atoms in total. The lowest BCUT2D eigenvalue weighted by molar-refractivity contribution is 0.0472. The van der Waals surface area contributed by atoms with E-state index in [0.29, 0.717) is 24.3 Å². The van der Waals surface area contributed by atoms with Crippen LogP contribution < -0.4 is 10.6 Å². The Morgan fingerprint density at radius 3 is 1.26 bits per heavy atom. The van der Waals surface area contributed by atoms with Crippen molar-refractivity contribution >= 4 is 23.3 Å². The SMILES string of the molecule is CCCCNc1ccc(C(=O)OCCN(C)C)cc1.CCCCNc1ccc(C(=O)OCCN(C)C)cc1. The molecule has 0 aliphatic carbocycles. The number of nitrogens with zero attached hydrogens (tertiary/aromatic N) is 2. The van der Waals surface area contributed by atoms with E-state index in [1.807, 2.05) is 62.3 Å². The first-order valence-electron chi connectivity index (χ1n) is 13.6. The number of likely N-dealkylation sites (N-methyl/N-ethyl adjacent to an activating group) is 2. The molecule has 0 unspecified atom stereocenters. The van der Waals surface area contributed by atoms with E-state index in [-0.39, 0.29) is 11.9 Å². The van der Waals surface area contributed by atoms with Gasteiger partial charge in [-0.3, -0.25) is 0 Å². The molecule has 0 aliphatic heterocycles. The van der Waals surface area contributed by atoms with Gasteiger partial charge >= 0.3 is 11.9 Å². The molecule has 212 valence electrons. The van der Waals surface area contributed by atoms with Gasteiger partial charge in [0.15, 0.2) is 0 Å². The lowest BCUT2D eigenvalue weighted by Gasteiger charge is -2.10. The van der Waals surface area contributed by atoms with Crippen molar-refractivity contribution in [1.82, 2.24) is 9.80 Å². The number of carbonyl (C=O) groups excluding carboxylic acids is 2. The van der Waals surface area contributed by atoms with Crippen LogP contribution in [0.1, 0.15) is 60.2 Å². The largest absolute Gasteiger partial charge is 0.461 e. The van der Waals surface area contributed by atoms with Gasteiger partial charge in [0.2, 0.25) is 0 Å². The first kappa shape index (κ1) is 32.9. The molecule has 8 heteroatoms. The lowest BCUT2D eigenvalue weighted by atomic mass is 10.2. The van der Waals surface area contributed by atoms with Crippen LogP contribution in [0.25, 0.3) is 0 Å². The Morgan fingerprint density at radius 1 is 0.632 bits per heavy atom. The minimum atomic E-state index is -0.262. The van der Waals surface area contributed by atoms with Gasteiger partial charge in [-0.15, -0.1) is 0 Å². The third-order valence-corrected chi connectivity index (χ3v) is 5.50.